The van der Waals surface area contributed by atoms with E-state index < -0.39 is 0 Å². The van der Waals surface area contributed by atoms with Crippen molar-refractivity contribution in [3.05, 3.63) is 76.1 Å². The van der Waals surface area contributed by atoms with E-state index in [1.807, 2.05) is 31.2 Å². The van der Waals surface area contributed by atoms with E-state index in [0.29, 0.717) is 18.1 Å². The first-order valence-corrected chi connectivity index (χ1v) is 10.9. The molecule has 0 spiro atoms. The number of hydrogen-bond donors (Lipinski definition) is 1. The second kappa shape index (κ2) is 9.34. The SMILES string of the molecule is CCOc1ccc(Cc2cc(C3CCCC(CO)O3)c3ccccc3c2Cl)cc1F. The molecule has 0 radical (unpaired) electrons. The number of aliphatic hydroxyl groups excluding tert-OH is 1. The van der Waals surface area contributed by atoms with E-state index in [1.54, 1.807) is 6.07 Å². The average molecular weight is 429 g/mol. The van der Waals surface area contributed by atoms with E-state index in [9.17, 15) is 9.50 Å². The molecule has 158 valence electrons. The molecule has 3 aromatic rings. The standard InChI is InChI=1S/C25H26ClFO3/c1-2-29-24-11-10-16(13-22(24)27)12-17-14-21(23-9-5-6-18(15-28)30-23)19-7-3-4-8-20(19)25(17)26/h3-4,7-8,10-11,13-14,18,23,28H,2,5-6,9,12,15H2,1H3. The zero-order valence-electron chi connectivity index (χ0n) is 17.0. The second-order valence-corrected chi connectivity index (χ2v) is 8.10. The number of aliphatic hydroxyl groups is 1. The Morgan fingerprint density at radius 3 is 2.67 bits per heavy atom. The maximum atomic E-state index is 14.3. The van der Waals surface area contributed by atoms with E-state index in [0.717, 1.165) is 46.7 Å². The van der Waals surface area contributed by atoms with E-state index in [2.05, 4.69) is 12.1 Å². The van der Waals surface area contributed by atoms with Gasteiger partial charge in [-0.3, -0.25) is 0 Å². The molecule has 1 aliphatic heterocycles. The fourth-order valence-corrected chi connectivity index (χ4v) is 4.52. The number of ether oxygens (including phenoxy) is 2. The molecule has 1 saturated heterocycles. The van der Waals surface area contributed by atoms with Crippen LogP contribution in [0.3, 0.4) is 0 Å². The largest absolute Gasteiger partial charge is 0.491 e. The van der Waals surface area contributed by atoms with Crippen LogP contribution in [0.4, 0.5) is 4.39 Å². The van der Waals surface area contributed by atoms with E-state index in [4.69, 9.17) is 21.1 Å². The molecule has 0 aliphatic carbocycles. The molecule has 3 nitrogen and oxygen atoms in total. The molecule has 0 bridgehead atoms. The highest BCUT2D eigenvalue weighted by Gasteiger charge is 2.26. The monoisotopic (exact) mass is 428 g/mol. The van der Waals surface area contributed by atoms with Crippen LogP contribution in [0.15, 0.2) is 48.5 Å². The van der Waals surface area contributed by atoms with Gasteiger partial charge >= 0.3 is 0 Å². The van der Waals surface area contributed by atoms with Crippen LogP contribution in [0.5, 0.6) is 5.75 Å². The Labute approximate surface area is 181 Å². The number of halogens is 2. The van der Waals surface area contributed by atoms with Gasteiger partial charge < -0.3 is 14.6 Å². The molecule has 30 heavy (non-hydrogen) atoms. The summed E-state index contributed by atoms with van der Waals surface area (Å²) in [6, 6.07) is 15.2. The lowest BCUT2D eigenvalue weighted by atomic mass is 9.91. The normalized spacial score (nSPS) is 19.2. The fourth-order valence-electron chi connectivity index (χ4n) is 4.23. The molecule has 1 fully saturated rings. The summed E-state index contributed by atoms with van der Waals surface area (Å²) in [5.41, 5.74) is 2.84. The van der Waals surface area contributed by atoms with Crippen LogP contribution in [0.25, 0.3) is 10.8 Å². The van der Waals surface area contributed by atoms with Crippen molar-refractivity contribution < 1.29 is 19.0 Å². The maximum Gasteiger partial charge on any atom is 0.165 e. The Balaban J connectivity index is 1.73. The molecule has 0 aromatic heterocycles. The summed E-state index contributed by atoms with van der Waals surface area (Å²) in [7, 11) is 0. The van der Waals surface area contributed by atoms with Gasteiger partial charge in [0.2, 0.25) is 0 Å². The molecule has 4 rings (SSSR count). The first kappa shape index (κ1) is 21.1. The molecule has 1 heterocycles. The lowest BCUT2D eigenvalue weighted by Crippen LogP contribution is -2.25. The molecule has 1 N–H and O–H groups in total. The number of fused-ring (bicyclic) bond motifs is 1. The number of hydrogen-bond acceptors (Lipinski definition) is 3. The molecule has 5 heteroatoms. The highest BCUT2D eigenvalue weighted by Crippen LogP contribution is 2.39. The summed E-state index contributed by atoms with van der Waals surface area (Å²) >= 11 is 6.78. The van der Waals surface area contributed by atoms with E-state index >= 15 is 0 Å². The molecule has 3 aromatic carbocycles. The van der Waals surface area contributed by atoms with Crippen LogP contribution in [-0.2, 0) is 11.2 Å². The minimum absolute atomic E-state index is 0.0281. The highest BCUT2D eigenvalue weighted by atomic mass is 35.5. The summed E-state index contributed by atoms with van der Waals surface area (Å²) in [6.45, 7) is 2.28. The first-order valence-electron chi connectivity index (χ1n) is 10.5. The Kier molecular flexibility index (Phi) is 6.57. The zero-order chi connectivity index (χ0) is 21.1. The quantitative estimate of drug-likeness (QED) is 0.506. The minimum atomic E-state index is -0.368. The van der Waals surface area contributed by atoms with Gasteiger partial charge in [0, 0.05) is 5.39 Å². The maximum absolute atomic E-state index is 14.3. The van der Waals surface area contributed by atoms with Gasteiger partial charge in [-0.1, -0.05) is 48.0 Å². The smallest absolute Gasteiger partial charge is 0.165 e. The Hall–Kier alpha value is -2.14. The van der Waals surface area contributed by atoms with Gasteiger partial charge in [0.15, 0.2) is 11.6 Å². The Morgan fingerprint density at radius 1 is 1.13 bits per heavy atom. The van der Waals surface area contributed by atoms with Crippen LogP contribution in [-0.4, -0.2) is 24.4 Å². The van der Waals surface area contributed by atoms with Crippen molar-refractivity contribution in [2.45, 2.75) is 44.8 Å². The highest BCUT2D eigenvalue weighted by molar-refractivity contribution is 6.36. The predicted octanol–water partition coefficient (Wildman–Crippen LogP) is 6.22. The molecule has 2 unspecified atom stereocenters. The Morgan fingerprint density at radius 2 is 1.93 bits per heavy atom. The van der Waals surface area contributed by atoms with Crippen molar-refractivity contribution in [2.24, 2.45) is 0 Å². The topological polar surface area (TPSA) is 38.7 Å². The van der Waals surface area contributed by atoms with Gasteiger partial charge in [0.1, 0.15) is 0 Å². The molecule has 0 saturated carbocycles. The zero-order valence-corrected chi connectivity index (χ0v) is 17.8. The van der Waals surface area contributed by atoms with Crippen molar-refractivity contribution in [2.75, 3.05) is 13.2 Å². The third-order valence-electron chi connectivity index (χ3n) is 5.68. The summed E-state index contributed by atoms with van der Waals surface area (Å²) in [5.74, 6) is -0.106. The van der Waals surface area contributed by atoms with Crippen LogP contribution in [0.2, 0.25) is 5.02 Å². The number of benzene rings is 3. The predicted molar refractivity (Wildman–Crippen MR) is 118 cm³/mol. The lowest BCUT2D eigenvalue weighted by Gasteiger charge is -2.30. The molecule has 1 aliphatic rings. The van der Waals surface area contributed by atoms with E-state index in [-0.39, 0.29) is 30.4 Å². The van der Waals surface area contributed by atoms with E-state index in [1.165, 1.54) is 6.07 Å². The summed E-state index contributed by atoms with van der Waals surface area (Å²) in [5, 5.41) is 12.3. The van der Waals surface area contributed by atoms with Crippen molar-refractivity contribution in [1.82, 2.24) is 0 Å². The van der Waals surface area contributed by atoms with Gasteiger partial charge in [-0.2, -0.15) is 0 Å². The van der Waals surface area contributed by atoms with Crippen LogP contribution in [0.1, 0.15) is 49.0 Å². The summed E-state index contributed by atoms with van der Waals surface area (Å²) in [6.07, 6.45) is 3.06. The second-order valence-electron chi connectivity index (χ2n) is 7.72. The third kappa shape index (κ3) is 4.31. The average Bonchev–Trinajstić information content (AvgIpc) is 2.77. The first-order chi connectivity index (χ1) is 14.6. The minimum Gasteiger partial charge on any atom is -0.491 e. The third-order valence-corrected chi connectivity index (χ3v) is 6.12. The lowest BCUT2D eigenvalue weighted by molar-refractivity contribution is -0.0731. The van der Waals surface area contributed by atoms with Gasteiger partial charge in [-0.25, -0.2) is 4.39 Å². The van der Waals surface area contributed by atoms with Crippen molar-refractivity contribution in [1.29, 1.82) is 0 Å². The molecular formula is C25H26ClFO3. The summed E-state index contributed by atoms with van der Waals surface area (Å²) in [4.78, 5) is 0. The molecule has 2 atom stereocenters. The van der Waals surface area contributed by atoms with Gasteiger partial charge in [0.05, 0.1) is 30.4 Å². The van der Waals surface area contributed by atoms with Crippen LogP contribution in [0, 0.1) is 5.82 Å². The molecule has 0 amide bonds. The van der Waals surface area contributed by atoms with Gasteiger partial charge in [0.25, 0.3) is 0 Å². The van der Waals surface area contributed by atoms with Crippen molar-refractivity contribution in [3.8, 4) is 5.75 Å². The van der Waals surface area contributed by atoms with Crippen LogP contribution >= 0.6 is 11.6 Å². The van der Waals surface area contributed by atoms with Crippen molar-refractivity contribution >= 4 is 22.4 Å². The Bertz CT molecular complexity index is 1040. The molecular weight excluding hydrogens is 403 g/mol. The summed E-state index contributed by atoms with van der Waals surface area (Å²) < 4.78 is 25.8. The van der Waals surface area contributed by atoms with Gasteiger partial charge in [-0.05, 0) is 66.8 Å². The van der Waals surface area contributed by atoms with Gasteiger partial charge in [-0.15, -0.1) is 0 Å². The van der Waals surface area contributed by atoms with Crippen molar-refractivity contribution in [3.63, 3.8) is 0 Å². The number of rotatable bonds is 6. The van der Waals surface area contributed by atoms with Crippen LogP contribution < -0.4 is 4.74 Å². The fraction of sp³-hybridized carbons (Fsp3) is 0.360.